The molecule has 8 nitrogen and oxygen atoms in total. The number of aromatic nitrogens is 2. The molecule has 1 saturated heterocycles. The predicted molar refractivity (Wildman–Crippen MR) is 114 cm³/mol. The lowest BCUT2D eigenvalue weighted by molar-refractivity contribution is -0.132. The average molecular weight is 447 g/mol. The first kappa shape index (κ1) is 20.7. The Bertz CT molecular complexity index is 1110. The van der Waals surface area contributed by atoms with Crippen molar-refractivity contribution in [3.05, 3.63) is 48.5 Å². The topological polar surface area (TPSA) is 92.7 Å². The highest BCUT2D eigenvalue weighted by Gasteiger charge is 2.31. The van der Waals surface area contributed by atoms with Gasteiger partial charge < -0.3 is 9.64 Å². The molecule has 4 rings (SSSR count). The summed E-state index contributed by atoms with van der Waals surface area (Å²) in [6, 6.07) is 14.5. The van der Waals surface area contributed by atoms with Crippen LogP contribution in [0.4, 0.5) is 0 Å². The van der Waals surface area contributed by atoms with Crippen molar-refractivity contribution in [2.45, 2.75) is 17.7 Å². The number of carbonyl (C=O) groups is 1. The summed E-state index contributed by atoms with van der Waals surface area (Å²) in [5.41, 5.74) is 0.979. The van der Waals surface area contributed by atoms with Crippen LogP contribution in [0, 0.1) is 0 Å². The minimum atomic E-state index is -3.68. The van der Waals surface area contributed by atoms with Gasteiger partial charge in [0.15, 0.2) is 0 Å². The minimum Gasteiger partial charge on any atom is -0.494 e. The summed E-state index contributed by atoms with van der Waals surface area (Å²) in [4.78, 5) is 14.4. The molecule has 1 aromatic heterocycles. The van der Waals surface area contributed by atoms with Crippen LogP contribution in [0.1, 0.15) is 12.8 Å². The highest BCUT2D eigenvalue weighted by molar-refractivity contribution is 7.89. The Kier molecular flexibility index (Phi) is 6.26. The second-order valence-electron chi connectivity index (χ2n) is 6.94. The Labute approximate surface area is 179 Å². The number of carbonyl (C=O) groups excluding carboxylic acids is 1. The molecule has 2 heterocycles. The van der Waals surface area contributed by atoms with E-state index in [1.165, 1.54) is 4.31 Å². The number of hydrogen-bond donors (Lipinski definition) is 0. The van der Waals surface area contributed by atoms with Crippen LogP contribution in [0.15, 0.2) is 53.4 Å². The molecule has 0 radical (unpaired) electrons. The van der Waals surface area contributed by atoms with Crippen molar-refractivity contribution >= 4 is 38.7 Å². The number of amides is 1. The van der Waals surface area contributed by atoms with Crippen molar-refractivity contribution in [3.63, 3.8) is 0 Å². The van der Waals surface area contributed by atoms with Gasteiger partial charge in [0.1, 0.15) is 21.7 Å². The molecule has 1 aliphatic rings. The van der Waals surface area contributed by atoms with Gasteiger partial charge in [0, 0.05) is 32.6 Å². The fourth-order valence-electron chi connectivity index (χ4n) is 3.39. The molecule has 10 heteroatoms. The maximum absolute atomic E-state index is 13.1. The first-order valence-electron chi connectivity index (χ1n) is 9.73. The Hall–Kier alpha value is -2.56. The third-order valence-electron chi connectivity index (χ3n) is 5.01. The van der Waals surface area contributed by atoms with Crippen LogP contribution in [-0.4, -0.2) is 65.1 Å². The SMILES string of the molecule is O=C(CCCOc1ccccc1)N1CCN(S(=O)(=O)c2cccc3nsnc23)CC1. The molecule has 158 valence electrons. The number of nitrogens with zero attached hydrogens (tertiary/aromatic N) is 4. The number of rotatable bonds is 7. The van der Waals surface area contributed by atoms with Gasteiger partial charge in [-0.2, -0.15) is 13.1 Å². The van der Waals surface area contributed by atoms with E-state index in [4.69, 9.17) is 4.74 Å². The van der Waals surface area contributed by atoms with E-state index in [1.807, 2.05) is 30.3 Å². The molecule has 0 atom stereocenters. The number of piperazine rings is 1. The van der Waals surface area contributed by atoms with Crippen molar-refractivity contribution in [2.24, 2.45) is 0 Å². The molecule has 1 aliphatic heterocycles. The van der Waals surface area contributed by atoms with Crippen LogP contribution in [0.5, 0.6) is 5.75 Å². The van der Waals surface area contributed by atoms with Gasteiger partial charge in [-0.3, -0.25) is 4.79 Å². The van der Waals surface area contributed by atoms with Gasteiger partial charge in [-0.25, -0.2) is 8.42 Å². The molecule has 0 saturated carbocycles. The highest BCUT2D eigenvalue weighted by Crippen LogP contribution is 2.25. The van der Waals surface area contributed by atoms with Crippen molar-refractivity contribution in [1.29, 1.82) is 0 Å². The second kappa shape index (κ2) is 9.07. The maximum Gasteiger partial charge on any atom is 0.245 e. The number of benzene rings is 2. The summed E-state index contributed by atoms with van der Waals surface area (Å²) in [6.07, 6.45) is 0.994. The van der Waals surface area contributed by atoms with Crippen LogP contribution >= 0.6 is 11.7 Å². The zero-order valence-corrected chi connectivity index (χ0v) is 17.9. The highest BCUT2D eigenvalue weighted by atomic mass is 32.2. The third-order valence-corrected chi connectivity index (χ3v) is 7.48. The first-order valence-corrected chi connectivity index (χ1v) is 11.9. The van der Waals surface area contributed by atoms with E-state index in [1.54, 1.807) is 23.1 Å². The average Bonchev–Trinajstić information content (AvgIpc) is 3.26. The largest absolute Gasteiger partial charge is 0.494 e. The van der Waals surface area contributed by atoms with Crippen LogP contribution in [0.2, 0.25) is 0 Å². The lowest BCUT2D eigenvalue weighted by Gasteiger charge is -2.34. The molecule has 0 unspecified atom stereocenters. The van der Waals surface area contributed by atoms with E-state index >= 15 is 0 Å². The van der Waals surface area contributed by atoms with Gasteiger partial charge >= 0.3 is 0 Å². The minimum absolute atomic E-state index is 0.0227. The van der Waals surface area contributed by atoms with Gasteiger partial charge in [0.25, 0.3) is 0 Å². The molecule has 2 aromatic carbocycles. The summed E-state index contributed by atoms with van der Waals surface area (Å²) < 4.78 is 41.4. The van der Waals surface area contributed by atoms with Crippen molar-refractivity contribution in [2.75, 3.05) is 32.8 Å². The summed E-state index contributed by atoms with van der Waals surface area (Å²) in [6.45, 7) is 1.76. The first-order chi connectivity index (χ1) is 14.6. The zero-order chi connectivity index (χ0) is 21.0. The van der Waals surface area contributed by atoms with Crippen LogP contribution in [0.3, 0.4) is 0 Å². The Morgan fingerprint density at radius 3 is 2.53 bits per heavy atom. The maximum atomic E-state index is 13.1. The predicted octanol–water partition coefficient (Wildman–Crippen LogP) is 2.38. The number of fused-ring (bicyclic) bond motifs is 1. The van der Waals surface area contributed by atoms with E-state index in [-0.39, 0.29) is 23.9 Å². The lowest BCUT2D eigenvalue weighted by atomic mass is 10.2. The number of hydrogen-bond acceptors (Lipinski definition) is 7. The van der Waals surface area contributed by atoms with E-state index in [0.717, 1.165) is 17.5 Å². The summed E-state index contributed by atoms with van der Waals surface area (Å²) in [7, 11) is -3.68. The molecular weight excluding hydrogens is 424 g/mol. The fraction of sp³-hybridized carbons (Fsp3) is 0.350. The molecular formula is C20H22N4O4S2. The third kappa shape index (κ3) is 4.45. The van der Waals surface area contributed by atoms with Crippen LogP contribution in [0.25, 0.3) is 11.0 Å². The van der Waals surface area contributed by atoms with Gasteiger partial charge in [-0.15, -0.1) is 0 Å². The number of para-hydroxylation sites is 1. The smallest absolute Gasteiger partial charge is 0.245 e. The van der Waals surface area contributed by atoms with Gasteiger partial charge in [-0.1, -0.05) is 24.3 Å². The van der Waals surface area contributed by atoms with Crippen molar-refractivity contribution in [3.8, 4) is 5.75 Å². The zero-order valence-electron chi connectivity index (χ0n) is 16.3. The standard InChI is InChI=1S/C20H22N4O4S2/c25-19(10-5-15-28-16-6-2-1-3-7-16)23-11-13-24(14-12-23)30(26,27)18-9-4-8-17-20(18)22-29-21-17/h1-4,6-9H,5,10-15H2. The van der Waals surface area contributed by atoms with Crippen molar-refractivity contribution < 1.29 is 17.9 Å². The second-order valence-corrected chi connectivity index (χ2v) is 9.37. The Morgan fingerprint density at radius 2 is 1.77 bits per heavy atom. The number of sulfonamides is 1. The molecule has 0 N–H and O–H groups in total. The van der Waals surface area contributed by atoms with E-state index < -0.39 is 10.0 Å². The lowest BCUT2D eigenvalue weighted by Crippen LogP contribution is -2.50. The van der Waals surface area contributed by atoms with Gasteiger partial charge in [0.2, 0.25) is 15.9 Å². The molecule has 1 fully saturated rings. The van der Waals surface area contributed by atoms with Crippen molar-refractivity contribution in [1.82, 2.24) is 18.0 Å². The van der Waals surface area contributed by atoms with Crippen LogP contribution in [-0.2, 0) is 14.8 Å². The van der Waals surface area contributed by atoms with Crippen LogP contribution < -0.4 is 4.74 Å². The molecule has 1 amide bonds. The summed E-state index contributed by atoms with van der Waals surface area (Å²) >= 11 is 0.996. The normalized spacial score (nSPS) is 15.4. The van der Waals surface area contributed by atoms with E-state index in [0.29, 0.717) is 43.6 Å². The van der Waals surface area contributed by atoms with E-state index in [2.05, 4.69) is 8.75 Å². The fourth-order valence-corrected chi connectivity index (χ4v) is 5.57. The Morgan fingerprint density at radius 1 is 1.00 bits per heavy atom. The number of ether oxygens (including phenoxy) is 1. The molecule has 0 aliphatic carbocycles. The Balaban J connectivity index is 1.29. The summed E-state index contributed by atoms with van der Waals surface area (Å²) in [5, 5.41) is 0. The van der Waals surface area contributed by atoms with Gasteiger partial charge in [-0.05, 0) is 30.7 Å². The monoisotopic (exact) mass is 446 g/mol. The summed E-state index contributed by atoms with van der Waals surface area (Å²) in [5.74, 6) is 0.809. The molecule has 0 bridgehead atoms. The molecule has 30 heavy (non-hydrogen) atoms. The van der Waals surface area contributed by atoms with Gasteiger partial charge in [0.05, 0.1) is 18.3 Å². The molecule has 3 aromatic rings. The quantitative estimate of drug-likeness (QED) is 0.518. The molecule has 0 spiro atoms. The van der Waals surface area contributed by atoms with E-state index in [9.17, 15) is 13.2 Å².